The van der Waals surface area contributed by atoms with Gasteiger partial charge in [0.05, 0.1) is 15.9 Å². The van der Waals surface area contributed by atoms with Crippen molar-refractivity contribution in [1.82, 2.24) is 19.2 Å². The van der Waals surface area contributed by atoms with Crippen molar-refractivity contribution in [3.8, 4) is 0 Å². The average molecular weight is 433 g/mol. The van der Waals surface area contributed by atoms with Crippen molar-refractivity contribution < 1.29 is 13.2 Å². The minimum absolute atomic E-state index is 0.0632. The van der Waals surface area contributed by atoms with Gasteiger partial charge < -0.3 is 9.88 Å². The first-order chi connectivity index (χ1) is 14.2. The second kappa shape index (κ2) is 7.96. The fraction of sp³-hybridized carbons (Fsp3) is 0.636. The lowest BCUT2D eigenvalue weighted by Gasteiger charge is -2.28. The second-order valence-electron chi connectivity index (χ2n) is 9.22. The van der Waals surface area contributed by atoms with E-state index in [4.69, 9.17) is 0 Å². The van der Waals surface area contributed by atoms with Gasteiger partial charge >= 0.3 is 0 Å². The molecule has 1 amide bonds. The van der Waals surface area contributed by atoms with Gasteiger partial charge in [0.15, 0.2) is 0 Å². The van der Waals surface area contributed by atoms with Crippen molar-refractivity contribution >= 4 is 27.0 Å². The minimum atomic E-state index is -3.50. The van der Waals surface area contributed by atoms with Crippen LogP contribution in [0.15, 0.2) is 23.1 Å². The second-order valence-corrected chi connectivity index (χ2v) is 11.4. The third kappa shape index (κ3) is 3.87. The van der Waals surface area contributed by atoms with Gasteiger partial charge in [-0.25, -0.2) is 17.7 Å². The molecule has 0 spiro atoms. The van der Waals surface area contributed by atoms with Crippen LogP contribution < -0.4 is 5.32 Å². The molecule has 0 saturated heterocycles. The van der Waals surface area contributed by atoms with Crippen molar-refractivity contribution in [2.75, 3.05) is 14.1 Å². The summed E-state index contributed by atoms with van der Waals surface area (Å²) in [5.41, 5.74) is 1.49. The van der Waals surface area contributed by atoms with Crippen molar-refractivity contribution in [2.24, 2.45) is 24.8 Å². The van der Waals surface area contributed by atoms with Gasteiger partial charge in [0.25, 0.3) is 0 Å². The highest BCUT2D eigenvalue weighted by atomic mass is 32.2. The van der Waals surface area contributed by atoms with E-state index in [-0.39, 0.29) is 16.8 Å². The van der Waals surface area contributed by atoms with Crippen molar-refractivity contribution in [1.29, 1.82) is 0 Å². The number of hydrogen-bond donors (Lipinski definition) is 1. The number of fused-ring (bicyclic) bond motifs is 3. The highest BCUT2D eigenvalue weighted by molar-refractivity contribution is 7.89. The van der Waals surface area contributed by atoms with Crippen LogP contribution in [0.1, 0.15) is 44.9 Å². The third-order valence-electron chi connectivity index (χ3n) is 7.12. The summed E-state index contributed by atoms with van der Waals surface area (Å²) >= 11 is 0. The molecule has 2 bridgehead atoms. The maximum absolute atomic E-state index is 12.5. The number of nitrogens with zero attached hydrogens (tertiary/aromatic N) is 3. The Balaban J connectivity index is 1.41. The molecule has 0 unspecified atom stereocenters. The Hall–Kier alpha value is -1.93. The van der Waals surface area contributed by atoms with Gasteiger partial charge in [-0.2, -0.15) is 0 Å². The van der Waals surface area contributed by atoms with E-state index in [1.165, 1.54) is 44.1 Å². The number of amides is 1. The van der Waals surface area contributed by atoms with Crippen molar-refractivity contribution in [3.05, 3.63) is 24.0 Å². The Morgan fingerprint density at radius 1 is 1.30 bits per heavy atom. The summed E-state index contributed by atoms with van der Waals surface area (Å²) in [7, 11) is 1.43. The smallest absolute Gasteiger partial charge is 0.242 e. The van der Waals surface area contributed by atoms with E-state index in [1.807, 2.05) is 11.6 Å². The molecule has 0 aliphatic heterocycles. The van der Waals surface area contributed by atoms with E-state index >= 15 is 0 Å². The lowest BCUT2D eigenvalue weighted by Crippen LogP contribution is -2.40. The number of rotatable bonds is 7. The molecule has 2 aromatic rings. The third-order valence-corrected chi connectivity index (χ3v) is 8.93. The number of nitrogens with one attached hydrogen (secondary N) is 1. The summed E-state index contributed by atoms with van der Waals surface area (Å²) < 4.78 is 27.9. The van der Waals surface area contributed by atoms with E-state index in [2.05, 4.69) is 17.2 Å². The molecule has 30 heavy (non-hydrogen) atoms. The standard InChI is InChI=1S/C22H32N4O3S/c1-14(18-12-15-5-6-16(18)11-15)23-22(27)10-9-21-24-19-13-17(30(28,29)25(2)3)7-8-20(19)26(21)4/h7-8,13-16,18H,5-6,9-12H2,1-4H3,(H,23,27)/t14-,15+,16+,18+/m1/s1. The van der Waals surface area contributed by atoms with E-state index < -0.39 is 10.0 Å². The van der Waals surface area contributed by atoms with Crippen LogP contribution in [-0.2, 0) is 28.3 Å². The van der Waals surface area contributed by atoms with Crippen LogP contribution in [-0.4, -0.2) is 48.3 Å². The van der Waals surface area contributed by atoms with Crippen molar-refractivity contribution in [3.63, 3.8) is 0 Å². The SMILES string of the molecule is C[C@@H](NC(=O)CCc1nc2cc(S(=O)(=O)N(C)C)ccc2n1C)[C@@H]1C[C@H]2CC[C@H]1C2. The van der Waals surface area contributed by atoms with Gasteiger partial charge in [0.1, 0.15) is 5.82 Å². The molecule has 4 atom stereocenters. The highest BCUT2D eigenvalue weighted by Gasteiger charge is 2.42. The Labute approximate surface area is 178 Å². The van der Waals surface area contributed by atoms with Gasteiger partial charge in [0.2, 0.25) is 15.9 Å². The molecule has 2 fully saturated rings. The molecule has 0 radical (unpaired) electrons. The first kappa shape index (κ1) is 21.3. The van der Waals surface area contributed by atoms with Crippen LogP contribution in [0.25, 0.3) is 11.0 Å². The molecule has 2 aliphatic carbocycles. The molecule has 1 aromatic carbocycles. The average Bonchev–Trinajstić information content (AvgIpc) is 3.41. The normalized spacial score (nSPS) is 24.6. The van der Waals surface area contributed by atoms with Gasteiger partial charge in [-0.3, -0.25) is 4.79 Å². The fourth-order valence-electron chi connectivity index (χ4n) is 5.39. The molecular weight excluding hydrogens is 400 g/mol. The van der Waals surface area contributed by atoms with Gasteiger partial charge in [-0.15, -0.1) is 0 Å². The number of carbonyl (C=O) groups is 1. The van der Waals surface area contributed by atoms with Gasteiger partial charge in [-0.1, -0.05) is 6.42 Å². The number of carbonyl (C=O) groups excluding carboxylic acids is 1. The minimum Gasteiger partial charge on any atom is -0.353 e. The summed E-state index contributed by atoms with van der Waals surface area (Å²) in [6, 6.07) is 5.21. The monoisotopic (exact) mass is 432 g/mol. The van der Waals surface area contributed by atoms with Crippen LogP contribution in [0.5, 0.6) is 0 Å². The summed E-state index contributed by atoms with van der Waals surface area (Å²) in [6.07, 6.45) is 6.19. The van der Waals surface area contributed by atoms with Gasteiger partial charge in [-0.05, 0) is 62.1 Å². The van der Waals surface area contributed by atoms with Crippen LogP contribution in [0, 0.1) is 17.8 Å². The molecule has 1 heterocycles. The summed E-state index contributed by atoms with van der Waals surface area (Å²) in [6.45, 7) is 2.14. The molecule has 4 rings (SSSR count). The zero-order valence-corrected chi connectivity index (χ0v) is 19.1. The molecule has 1 N–H and O–H groups in total. The maximum atomic E-state index is 12.5. The number of aryl methyl sites for hydroxylation is 2. The fourth-order valence-corrected chi connectivity index (χ4v) is 6.31. The number of aromatic nitrogens is 2. The molecule has 8 heteroatoms. The Morgan fingerprint density at radius 2 is 2.07 bits per heavy atom. The lowest BCUT2D eigenvalue weighted by atomic mass is 9.84. The molecule has 1 aromatic heterocycles. The Bertz CT molecular complexity index is 1060. The predicted octanol–water partition coefficient (Wildman–Crippen LogP) is 2.70. The summed E-state index contributed by atoms with van der Waals surface area (Å²) in [5, 5.41) is 3.21. The van der Waals surface area contributed by atoms with Crippen LogP contribution in [0.3, 0.4) is 0 Å². The molecular formula is C22H32N4O3S. The van der Waals surface area contributed by atoms with Crippen LogP contribution in [0.4, 0.5) is 0 Å². The van der Waals surface area contributed by atoms with Crippen LogP contribution in [0.2, 0.25) is 0 Å². The van der Waals surface area contributed by atoms with E-state index in [0.717, 1.165) is 23.2 Å². The number of imidazole rings is 1. The zero-order valence-electron chi connectivity index (χ0n) is 18.3. The lowest BCUT2D eigenvalue weighted by molar-refractivity contribution is -0.122. The molecule has 2 saturated carbocycles. The first-order valence-electron chi connectivity index (χ1n) is 10.8. The quantitative estimate of drug-likeness (QED) is 0.729. The first-order valence-corrected chi connectivity index (χ1v) is 12.3. The maximum Gasteiger partial charge on any atom is 0.242 e. The largest absolute Gasteiger partial charge is 0.353 e. The van der Waals surface area contributed by atoms with E-state index in [0.29, 0.717) is 24.3 Å². The number of benzene rings is 1. The molecule has 7 nitrogen and oxygen atoms in total. The topological polar surface area (TPSA) is 84.3 Å². The van der Waals surface area contributed by atoms with Crippen molar-refractivity contribution in [2.45, 2.75) is 56.4 Å². The number of hydrogen-bond acceptors (Lipinski definition) is 4. The summed E-state index contributed by atoms with van der Waals surface area (Å²) in [5.74, 6) is 3.14. The predicted molar refractivity (Wildman–Crippen MR) is 116 cm³/mol. The van der Waals surface area contributed by atoms with Gasteiger partial charge in [0, 0.05) is 40.0 Å². The molecule has 164 valence electrons. The zero-order chi connectivity index (χ0) is 21.6. The number of sulfonamides is 1. The Kier molecular flexibility index (Phi) is 5.66. The molecule has 2 aliphatic rings. The van der Waals surface area contributed by atoms with E-state index in [9.17, 15) is 13.2 Å². The van der Waals surface area contributed by atoms with Crippen LogP contribution >= 0.6 is 0 Å². The Morgan fingerprint density at radius 3 is 2.70 bits per heavy atom. The van der Waals surface area contributed by atoms with E-state index in [1.54, 1.807) is 18.2 Å². The highest BCUT2D eigenvalue weighted by Crippen LogP contribution is 2.49. The summed E-state index contributed by atoms with van der Waals surface area (Å²) in [4.78, 5) is 17.4.